The third kappa shape index (κ3) is 17.1. The van der Waals surface area contributed by atoms with Crippen LogP contribution in [0.15, 0.2) is 24.3 Å². The second-order valence-corrected chi connectivity index (χ2v) is 13.0. The summed E-state index contributed by atoms with van der Waals surface area (Å²) < 4.78 is 5.34. The van der Waals surface area contributed by atoms with Crippen LogP contribution >= 0.6 is 15.9 Å². The number of nitrogens with two attached hydrogens (primary N) is 1. The van der Waals surface area contributed by atoms with E-state index in [0.29, 0.717) is 38.0 Å². The van der Waals surface area contributed by atoms with Crippen LogP contribution < -0.4 is 32.3 Å². The lowest BCUT2D eigenvalue weighted by Gasteiger charge is -2.25. The third-order valence-electron chi connectivity index (χ3n) is 6.85. The summed E-state index contributed by atoms with van der Waals surface area (Å²) in [4.78, 5) is 73.7. The van der Waals surface area contributed by atoms with Gasteiger partial charge in [0.05, 0.1) is 10.7 Å². The summed E-state index contributed by atoms with van der Waals surface area (Å²) in [6, 6.07) is 4.42. The lowest BCUT2D eigenvalue weighted by Crippen LogP contribution is -2.54. The molecule has 258 valence electrons. The average molecular weight is 712 g/mol. The second kappa shape index (κ2) is 21.2. The third-order valence-corrected chi connectivity index (χ3v) is 7.35. The van der Waals surface area contributed by atoms with Crippen LogP contribution in [0.4, 0.5) is 10.5 Å². The average Bonchev–Trinajstić information content (AvgIpc) is 2.99. The van der Waals surface area contributed by atoms with Crippen LogP contribution in [-0.4, -0.2) is 66.1 Å². The van der Waals surface area contributed by atoms with Gasteiger partial charge in [-0.2, -0.15) is 0 Å². The number of unbranched alkanes of at least 4 members (excludes halogenated alkanes) is 3. The standard InChI is InChI=1S/C32H51BrN6O7/c1-21(2)27(39-25(40)12-7-6-9-17-35-26(41)19-33)29(43)38-24(11-8-10-18-36-31(34)45)28(42)37-23-15-13-22(14-16-23)20-46-30(44)32(3,4)5/h13-16,21,24,27H,6-12,17-20H2,1-5H3,(H,35,41)(H,37,42)(H,38,43)(H,39,40)(H3,34,36,45)/t24-,27-/m1/s1. The maximum absolute atomic E-state index is 13.4. The molecule has 0 aromatic heterocycles. The van der Waals surface area contributed by atoms with Gasteiger partial charge in [0.1, 0.15) is 18.7 Å². The number of nitrogens with one attached hydrogen (secondary N) is 5. The molecule has 0 aliphatic heterocycles. The molecule has 2 atom stereocenters. The van der Waals surface area contributed by atoms with E-state index in [0.717, 1.165) is 18.4 Å². The number of ether oxygens (including phenoxy) is 1. The molecular formula is C32H51BrN6O7. The van der Waals surface area contributed by atoms with Gasteiger partial charge in [0.2, 0.25) is 23.6 Å². The summed E-state index contributed by atoms with van der Waals surface area (Å²) in [5, 5.41) is 13.9. The molecule has 0 saturated carbocycles. The highest BCUT2D eigenvalue weighted by atomic mass is 79.9. The predicted octanol–water partition coefficient (Wildman–Crippen LogP) is 3.25. The Morgan fingerprint density at radius 3 is 2.04 bits per heavy atom. The van der Waals surface area contributed by atoms with Crippen molar-refractivity contribution in [1.82, 2.24) is 21.3 Å². The van der Waals surface area contributed by atoms with E-state index in [9.17, 15) is 28.8 Å². The minimum absolute atomic E-state index is 0.0911. The first-order valence-electron chi connectivity index (χ1n) is 15.7. The molecule has 0 aliphatic rings. The quantitative estimate of drug-likeness (QED) is 0.0678. The number of carbonyl (C=O) groups is 6. The van der Waals surface area contributed by atoms with Crippen molar-refractivity contribution in [2.24, 2.45) is 17.1 Å². The number of esters is 1. The lowest BCUT2D eigenvalue weighted by molar-refractivity contribution is -0.154. The van der Waals surface area contributed by atoms with E-state index in [1.54, 1.807) is 45.0 Å². The van der Waals surface area contributed by atoms with Crippen LogP contribution in [0.1, 0.15) is 85.1 Å². The molecule has 7 N–H and O–H groups in total. The molecule has 0 fully saturated rings. The van der Waals surface area contributed by atoms with Gasteiger partial charge in [0.25, 0.3) is 0 Å². The lowest BCUT2D eigenvalue weighted by atomic mass is 9.97. The summed E-state index contributed by atoms with van der Waals surface area (Å²) in [7, 11) is 0. The Morgan fingerprint density at radius 2 is 1.46 bits per heavy atom. The largest absolute Gasteiger partial charge is 0.460 e. The van der Waals surface area contributed by atoms with Crippen molar-refractivity contribution in [3.05, 3.63) is 29.8 Å². The number of hydrogen-bond donors (Lipinski definition) is 6. The highest BCUT2D eigenvalue weighted by Crippen LogP contribution is 2.18. The summed E-state index contributed by atoms with van der Waals surface area (Å²) >= 11 is 3.09. The van der Waals surface area contributed by atoms with Crippen LogP contribution in [0.3, 0.4) is 0 Å². The monoisotopic (exact) mass is 710 g/mol. The van der Waals surface area contributed by atoms with Gasteiger partial charge in [0.15, 0.2) is 0 Å². The smallest absolute Gasteiger partial charge is 0.312 e. The highest BCUT2D eigenvalue weighted by molar-refractivity contribution is 9.09. The fourth-order valence-electron chi connectivity index (χ4n) is 4.14. The number of hydrogen-bond acceptors (Lipinski definition) is 7. The van der Waals surface area contributed by atoms with Gasteiger partial charge in [-0.3, -0.25) is 24.0 Å². The highest BCUT2D eigenvalue weighted by Gasteiger charge is 2.29. The molecule has 0 saturated heterocycles. The zero-order valence-electron chi connectivity index (χ0n) is 27.6. The van der Waals surface area contributed by atoms with Gasteiger partial charge in [0, 0.05) is 25.2 Å². The van der Waals surface area contributed by atoms with Crippen LogP contribution in [0.25, 0.3) is 0 Å². The number of anilines is 1. The zero-order valence-corrected chi connectivity index (χ0v) is 29.2. The molecule has 1 aromatic rings. The SMILES string of the molecule is CC(C)[C@@H](NC(=O)CCCCCNC(=O)CBr)C(=O)N[C@H](CCCCNC(N)=O)C(=O)Nc1ccc(COC(=O)C(C)(C)C)cc1. The molecule has 0 spiro atoms. The molecule has 0 bridgehead atoms. The maximum Gasteiger partial charge on any atom is 0.312 e. The van der Waals surface area contributed by atoms with E-state index in [2.05, 4.69) is 42.5 Å². The van der Waals surface area contributed by atoms with E-state index in [1.165, 1.54) is 0 Å². The first kappa shape index (κ1) is 40.3. The second-order valence-electron chi connectivity index (χ2n) is 12.4. The molecule has 6 amide bonds. The van der Waals surface area contributed by atoms with Gasteiger partial charge in [-0.05, 0) is 76.5 Å². The van der Waals surface area contributed by atoms with Gasteiger partial charge >= 0.3 is 12.0 Å². The minimum Gasteiger partial charge on any atom is -0.460 e. The zero-order chi connectivity index (χ0) is 34.7. The number of urea groups is 1. The van der Waals surface area contributed by atoms with E-state index in [-0.39, 0.29) is 48.5 Å². The predicted molar refractivity (Wildman–Crippen MR) is 180 cm³/mol. The summed E-state index contributed by atoms with van der Waals surface area (Å²) in [5.74, 6) is -1.85. The van der Waals surface area contributed by atoms with Crippen LogP contribution in [-0.2, 0) is 35.3 Å². The first-order chi connectivity index (χ1) is 21.6. The molecule has 14 heteroatoms. The van der Waals surface area contributed by atoms with Gasteiger partial charge in [-0.1, -0.05) is 48.3 Å². The Kier molecular flexibility index (Phi) is 18.6. The minimum atomic E-state index is -0.915. The fourth-order valence-corrected chi connectivity index (χ4v) is 4.34. The van der Waals surface area contributed by atoms with Gasteiger partial charge < -0.3 is 37.1 Å². The van der Waals surface area contributed by atoms with Crippen molar-refractivity contribution < 1.29 is 33.5 Å². The van der Waals surface area contributed by atoms with E-state index >= 15 is 0 Å². The Balaban J connectivity index is 2.82. The van der Waals surface area contributed by atoms with Crippen molar-refractivity contribution in [3.8, 4) is 0 Å². The van der Waals surface area contributed by atoms with Crippen molar-refractivity contribution in [3.63, 3.8) is 0 Å². The Hall–Kier alpha value is -3.68. The number of benzene rings is 1. The van der Waals surface area contributed by atoms with Gasteiger partial charge in [-0.25, -0.2) is 4.79 Å². The van der Waals surface area contributed by atoms with Crippen LogP contribution in [0, 0.1) is 11.3 Å². The molecule has 46 heavy (non-hydrogen) atoms. The molecule has 0 radical (unpaired) electrons. The van der Waals surface area contributed by atoms with Crippen molar-refractivity contribution in [2.45, 2.75) is 98.3 Å². The van der Waals surface area contributed by atoms with Crippen LogP contribution in [0.5, 0.6) is 0 Å². The molecule has 1 aromatic carbocycles. The summed E-state index contributed by atoms with van der Waals surface area (Å²) in [6.45, 7) is 9.89. The fraction of sp³-hybridized carbons (Fsp3) is 0.625. The van der Waals surface area contributed by atoms with Crippen molar-refractivity contribution in [1.29, 1.82) is 0 Å². The number of alkyl halides is 1. The number of carbonyl (C=O) groups excluding carboxylic acids is 6. The number of rotatable bonds is 20. The topological polar surface area (TPSA) is 198 Å². The molecule has 0 unspecified atom stereocenters. The first-order valence-corrected chi connectivity index (χ1v) is 16.8. The number of halogens is 1. The Morgan fingerprint density at radius 1 is 0.826 bits per heavy atom. The molecular weight excluding hydrogens is 660 g/mol. The molecule has 1 rings (SSSR count). The van der Waals surface area contributed by atoms with Crippen molar-refractivity contribution >= 4 is 57.2 Å². The molecule has 13 nitrogen and oxygen atoms in total. The van der Waals surface area contributed by atoms with Crippen LogP contribution in [0.2, 0.25) is 0 Å². The van der Waals surface area contributed by atoms with E-state index < -0.39 is 35.3 Å². The number of primary amides is 1. The van der Waals surface area contributed by atoms with E-state index in [4.69, 9.17) is 10.5 Å². The normalized spacial score (nSPS) is 12.4. The summed E-state index contributed by atoms with van der Waals surface area (Å²) in [5.41, 5.74) is 5.74. The van der Waals surface area contributed by atoms with Crippen molar-refractivity contribution in [2.75, 3.05) is 23.7 Å². The molecule has 0 aliphatic carbocycles. The van der Waals surface area contributed by atoms with Gasteiger partial charge in [-0.15, -0.1) is 0 Å². The summed E-state index contributed by atoms with van der Waals surface area (Å²) in [6.07, 6.45) is 3.63. The Bertz CT molecular complexity index is 1150. The van der Waals surface area contributed by atoms with E-state index in [1.807, 2.05) is 13.8 Å². The number of amides is 6. The maximum atomic E-state index is 13.4. The molecule has 0 heterocycles. The Labute approximate surface area is 280 Å².